The average molecular weight is 209 g/mol. The van der Waals surface area contributed by atoms with Crippen LogP contribution in [0.2, 0.25) is 0 Å². The van der Waals surface area contributed by atoms with Crippen LogP contribution in [-0.2, 0) is 6.42 Å². The van der Waals surface area contributed by atoms with Crippen molar-refractivity contribution in [2.45, 2.75) is 13.3 Å². The monoisotopic (exact) mass is 209 g/mol. The van der Waals surface area contributed by atoms with Gasteiger partial charge in [0, 0.05) is 18.1 Å². The first kappa shape index (κ1) is 11.4. The summed E-state index contributed by atoms with van der Waals surface area (Å²) >= 11 is 0. The Morgan fingerprint density at radius 2 is 2.07 bits per heavy atom. The minimum Gasteiger partial charge on any atom is -0.497 e. The molecule has 0 bridgehead atoms. The van der Waals surface area contributed by atoms with Crippen LogP contribution in [0.25, 0.3) is 0 Å². The van der Waals surface area contributed by atoms with Gasteiger partial charge in [0.2, 0.25) is 0 Å². The van der Waals surface area contributed by atoms with E-state index in [9.17, 15) is 0 Å². The van der Waals surface area contributed by atoms with Gasteiger partial charge in [-0.25, -0.2) is 0 Å². The van der Waals surface area contributed by atoms with E-state index in [2.05, 4.69) is 5.16 Å². The highest BCUT2D eigenvalue weighted by Gasteiger charge is 2.06. The zero-order valence-electron chi connectivity index (χ0n) is 9.15. The fourth-order valence-electron chi connectivity index (χ4n) is 1.31. The molecule has 4 heteroatoms. The van der Waals surface area contributed by atoms with E-state index in [0.29, 0.717) is 12.1 Å². The van der Waals surface area contributed by atoms with Crippen LogP contribution < -0.4 is 9.47 Å². The van der Waals surface area contributed by atoms with Gasteiger partial charge in [0.25, 0.3) is 0 Å². The molecule has 0 radical (unpaired) electrons. The summed E-state index contributed by atoms with van der Waals surface area (Å²) in [5.74, 6) is 1.48. The van der Waals surface area contributed by atoms with Crippen molar-refractivity contribution in [1.29, 1.82) is 0 Å². The van der Waals surface area contributed by atoms with Gasteiger partial charge in [0.05, 0.1) is 19.9 Å². The van der Waals surface area contributed by atoms with E-state index in [1.165, 1.54) is 0 Å². The van der Waals surface area contributed by atoms with Gasteiger partial charge < -0.3 is 14.7 Å². The van der Waals surface area contributed by atoms with Crippen LogP contribution in [0, 0.1) is 0 Å². The Morgan fingerprint density at radius 1 is 1.33 bits per heavy atom. The zero-order valence-corrected chi connectivity index (χ0v) is 9.15. The van der Waals surface area contributed by atoms with E-state index in [1.54, 1.807) is 27.2 Å². The van der Waals surface area contributed by atoms with Crippen molar-refractivity contribution in [3.8, 4) is 11.5 Å². The first-order chi connectivity index (χ1) is 7.21. The van der Waals surface area contributed by atoms with Gasteiger partial charge in [-0.3, -0.25) is 0 Å². The van der Waals surface area contributed by atoms with E-state index < -0.39 is 0 Å². The molecule has 0 aliphatic heterocycles. The Hall–Kier alpha value is -1.71. The minimum atomic E-state index is 0.559. The van der Waals surface area contributed by atoms with E-state index in [1.807, 2.05) is 12.1 Å². The van der Waals surface area contributed by atoms with Gasteiger partial charge in [0.15, 0.2) is 0 Å². The average Bonchev–Trinajstić information content (AvgIpc) is 2.29. The maximum atomic E-state index is 8.58. The molecule has 0 spiro atoms. The van der Waals surface area contributed by atoms with Crippen molar-refractivity contribution in [1.82, 2.24) is 0 Å². The Labute approximate surface area is 89.1 Å². The van der Waals surface area contributed by atoms with Crippen molar-refractivity contribution in [3.05, 3.63) is 23.8 Å². The maximum Gasteiger partial charge on any atom is 0.126 e. The second kappa shape index (κ2) is 5.24. The molecule has 1 aromatic rings. The molecule has 0 saturated carbocycles. The number of benzene rings is 1. The molecule has 0 aliphatic carbocycles. The van der Waals surface area contributed by atoms with Gasteiger partial charge in [-0.2, -0.15) is 0 Å². The number of methoxy groups -OCH3 is 2. The molecule has 0 atom stereocenters. The van der Waals surface area contributed by atoms with E-state index in [0.717, 1.165) is 17.1 Å². The van der Waals surface area contributed by atoms with Crippen molar-refractivity contribution < 1.29 is 14.7 Å². The standard InChI is InChI=1S/C11H15NO3/c1-8(12-13)6-9-4-5-10(14-2)7-11(9)15-3/h4-5,7,13H,6H2,1-3H3/b12-8+. The highest BCUT2D eigenvalue weighted by Crippen LogP contribution is 2.25. The van der Waals surface area contributed by atoms with Crippen LogP contribution in [0.1, 0.15) is 12.5 Å². The lowest BCUT2D eigenvalue weighted by Crippen LogP contribution is -2.00. The number of nitrogens with zero attached hydrogens (tertiary/aromatic N) is 1. The summed E-state index contributed by atoms with van der Waals surface area (Å²) in [6, 6.07) is 5.55. The molecule has 0 amide bonds. The topological polar surface area (TPSA) is 51.0 Å². The Balaban J connectivity index is 2.97. The lowest BCUT2D eigenvalue weighted by Gasteiger charge is -2.09. The summed E-state index contributed by atoms with van der Waals surface area (Å²) < 4.78 is 10.3. The Bertz CT molecular complexity index is 361. The molecule has 0 aliphatic rings. The number of hydrogen-bond donors (Lipinski definition) is 1. The molecule has 0 heterocycles. The lowest BCUT2D eigenvalue weighted by molar-refractivity contribution is 0.317. The highest BCUT2D eigenvalue weighted by molar-refractivity contribution is 5.84. The fraction of sp³-hybridized carbons (Fsp3) is 0.364. The minimum absolute atomic E-state index is 0.559. The van der Waals surface area contributed by atoms with Crippen LogP contribution in [0.4, 0.5) is 0 Å². The quantitative estimate of drug-likeness (QED) is 0.469. The zero-order chi connectivity index (χ0) is 11.3. The molecule has 1 rings (SSSR count). The smallest absolute Gasteiger partial charge is 0.126 e. The molecule has 0 aromatic heterocycles. The number of hydrogen-bond acceptors (Lipinski definition) is 4. The van der Waals surface area contributed by atoms with Gasteiger partial charge in [-0.1, -0.05) is 11.2 Å². The fourth-order valence-corrected chi connectivity index (χ4v) is 1.31. The molecule has 4 nitrogen and oxygen atoms in total. The van der Waals surface area contributed by atoms with Gasteiger partial charge in [-0.05, 0) is 13.0 Å². The van der Waals surface area contributed by atoms with E-state index >= 15 is 0 Å². The summed E-state index contributed by atoms with van der Waals surface area (Å²) in [6.07, 6.45) is 0.559. The Morgan fingerprint density at radius 3 is 2.60 bits per heavy atom. The SMILES string of the molecule is COc1ccc(C/C(C)=N/O)c(OC)c1. The van der Waals surface area contributed by atoms with Crippen LogP contribution in [0.3, 0.4) is 0 Å². The third-order valence-electron chi connectivity index (χ3n) is 2.11. The second-order valence-electron chi connectivity index (χ2n) is 3.19. The number of oxime groups is 1. The highest BCUT2D eigenvalue weighted by atomic mass is 16.5. The molecule has 0 unspecified atom stereocenters. The summed E-state index contributed by atoms with van der Waals surface area (Å²) in [6.45, 7) is 1.75. The number of rotatable bonds is 4. The predicted octanol–water partition coefficient (Wildman–Crippen LogP) is 2.10. The first-order valence-corrected chi connectivity index (χ1v) is 4.59. The van der Waals surface area contributed by atoms with Crippen LogP contribution >= 0.6 is 0 Å². The molecule has 0 fully saturated rings. The summed E-state index contributed by atoms with van der Waals surface area (Å²) in [5.41, 5.74) is 1.60. The second-order valence-corrected chi connectivity index (χ2v) is 3.19. The van der Waals surface area contributed by atoms with Crippen LogP contribution in [-0.4, -0.2) is 25.1 Å². The lowest BCUT2D eigenvalue weighted by atomic mass is 10.1. The molecular formula is C11H15NO3. The molecule has 82 valence electrons. The van der Waals surface area contributed by atoms with Crippen LogP contribution in [0.5, 0.6) is 11.5 Å². The van der Waals surface area contributed by atoms with Crippen molar-refractivity contribution in [2.24, 2.45) is 5.16 Å². The van der Waals surface area contributed by atoms with Gasteiger partial charge in [0.1, 0.15) is 11.5 Å². The largest absolute Gasteiger partial charge is 0.497 e. The first-order valence-electron chi connectivity index (χ1n) is 4.59. The molecular weight excluding hydrogens is 194 g/mol. The van der Waals surface area contributed by atoms with E-state index in [4.69, 9.17) is 14.7 Å². The third-order valence-corrected chi connectivity index (χ3v) is 2.11. The predicted molar refractivity (Wildman–Crippen MR) is 58.1 cm³/mol. The third kappa shape index (κ3) is 2.87. The van der Waals surface area contributed by atoms with Gasteiger partial charge >= 0.3 is 0 Å². The van der Waals surface area contributed by atoms with Crippen LogP contribution in [0.15, 0.2) is 23.4 Å². The molecule has 1 aromatic carbocycles. The van der Waals surface area contributed by atoms with Crippen molar-refractivity contribution in [3.63, 3.8) is 0 Å². The normalized spacial score (nSPS) is 11.3. The number of ether oxygens (including phenoxy) is 2. The maximum absolute atomic E-state index is 8.58. The van der Waals surface area contributed by atoms with Crippen molar-refractivity contribution in [2.75, 3.05) is 14.2 Å². The van der Waals surface area contributed by atoms with Gasteiger partial charge in [-0.15, -0.1) is 0 Å². The molecule has 15 heavy (non-hydrogen) atoms. The molecule has 1 N–H and O–H groups in total. The summed E-state index contributed by atoms with van der Waals surface area (Å²) in [5, 5.41) is 11.7. The molecule has 0 saturated heterocycles. The van der Waals surface area contributed by atoms with E-state index in [-0.39, 0.29) is 0 Å². The Kier molecular flexibility index (Phi) is 3.97. The summed E-state index contributed by atoms with van der Waals surface area (Å²) in [4.78, 5) is 0. The summed E-state index contributed by atoms with van der Waals surface area (Å²) in [7, 11) is 3.21. The van der Waals surface area contributed by atoms with Crippen molar-refractivity contribution >= 4 is 5.71 Å².